The lowest BCUT2D eigenvalue weighted by atomic mass is 9.86. The van der Waals surface area contributed by atoms with Crippen LogP contribution in [-0.2, 0) is 4.79 Å². The van der Waals surface area contributed by atoms with Crippen LogP contribution in [0.2, 0.25) is 0 Å². The number of nitrogens with one attached hydrogen (secondary N) is 1. The van der Waals surface area contributed by atoms with Crippen molar-refractivity contribution < 1.29 is 4.79 Å². The lowest BCUT2D eigenvalue weighted by molar-refractivity contribution is -0.123. The van der Waals surface area contributed by atoms with Gasteiger partial charge in [0.25, 0.3) is 0 Å². The Kier molecular flexibility index (Phi) is 6.96. The fraction of sp³-hybridized carbons (Fsp3) is 0.938. The topological polar surface area (TPSA) is 58.4 Å². The number of hydrogen-bond acceptors (Lipinski definition) is 3. The lowest BCUT2D eigenvalue weighted by Crippen LogP contribution is -2.51. The number of likely N-dealkylation sites (N-methyl/N-ethyl adjacent to an activating group) is 1. The molecule has 0 aromatic heterocycles. The second-order valence-corrected chi connectivity index (χ2v) is 6.81. The van der Waals surface area contributed by atoms with Crippen LogP contribution < -0.4 is 11.1 Å². The first-order chi connectivity index (χ1) is 9.39. The Morgan fingerprint density at radius 2 is 2.10 bits per heavy atom. The summed E-state index contributed by atoms with van der Waals surface area (Å²) in [6, 6.07) is 0.755. The summed E-state index contributed by atoms with van der Waals surface area (Å²) in [5.41, 5.74) is 4.89. The fourth-order valence-electron chi connectivity index (χ4n) is 3.20. The van der Waals surface area contributed by atoms with Gasteiger partial charge in [-0.3, -0.25) is 4.79 Å². The summed E-state index contributed by atoms with van der Waals surface area (Å²) in [7, 11) is 4.05. The minimum atomic E-state index is -0.558. The molecule has 20 heavy (non-hydrogen) atoms. The molecule has 3 unspecified atom stereocenters. The molecule has 118 valence electrons. The molecule has 3 N–H and O–H groups in total. The van der Waals surface area contributed by atoms with Crippen molar-refractivity contribution >= 4 is 5.91 Å². The van der Waals surface area contributed by atoms with E-state index in [0.29, 0.717) is 0 Å². The Morgan fingerprint density at radius 1 is 1.40 bits per heavy atom. The number of nitrogens with zero attached hydrogens (tertiary/aromatic N) is 1. The lowest BCUT2D eigenvalue weighted by Gasteiger charge is -2.34. The van der Waals surface area contributed by atoms with Crippen LogP contribution in [0.15, 0.2) is 0 Å². The number of carbonyl (C=O) groups is 1. The Morgan fingerprint density at radius 3 is 2.65 bits per heavy atom. The summed E-state index contributed by atoms with van der Waals surface area (Å²) in [6.07, 6.45) is 8.42. The molecule has 0 radical (unpaired) electrons. The van der Waals surface area contributed by atoms with Crippen LogP contribution in [0.1, 0.15) is 58.8 Å². The van der Waals surface area contributed by atoms with Crippen LogP contribution >= 0.6 is 0 Å². The highest BCUT2D eigenvalue weighted by molar-refractivity contribution is 5.84. The van der Waals surface area contributed by atoms with E-state index in [9.17, 15) is 4.79 Å². The zero-order chi connectivity index (χ0) is 15.2. The second-order valence-electron chi connectivity index (χ2n) is 6.81. The highest BCUT2D eigenvalue weighted by Crippen LogP contribution is 2.26. The van der Waals surface area contributed by atoms with Gasteiger partial charge in [0.2, 0.25) is 5.91 Å². The first-order valence-electron chi connectivity index (χ1n) is 8.08. The van der Waals surface area contributed by atoms with Gasteiger partial charge in [0.1, 0.15) is 0 Å². The number of rotatable bonds is 8. The average molecular weight is 283 g/mol. The predicted octanol–water partition coefficient (Wildman–Crippen LogP) is 2.13. The zero-order valence-electron chi connectivity index (χ0n) is 13.7. The van der Waals surface area contributed by atoms with Crippen LogP contribution in [-0.4, -0.2) is 43.0 Å². The number of primary amides is 1. The molecular formula is C16H33N3O. The monoisotopic (exact) mass is 283 g/mol. The third-order valence-electron chi connectivity index (χ3n) is 5.07. The van der Waals surface area contributed by atoms with Gasteiger partial charge in [0, 0.05) is 6.04 Å². The maximum Gasteiger partial charge on any atom is 0.237 e. The van der Waals surface area contributed by atoms with Gasteiger partial charge in [-0.1, -0.05) is 19.8 Å². The van der Waals surface area contributed by atoms with Gasteiger partial charge >= 0.3 is 0 Å². The first kappa shape index (κ1) is 17.4. The normalized spacial score (nSPS) is 26.4. The van der Waals surface area contributed by atoms with E-state index in [-0.39, 0.29) is 5.91 Å². The molecule has 1 amide bonds. The van der Waals surface area contributed by atoms with Crippen LogP contribution in [0.5, 0.6) is 0 Å². The van der Waals surface area contributed by atoms with Crippen molar-refractivity contribution in [2.24, 2.45) is 11.7 Å². The second kappa shape index (κ2) is 7.99. The van der Waals surface area contributed by atoms with Crippen molar-refractivity contribution in [3.8, 4) is 0 Å². The van der Waals surface area contributed by atoms with E-state index in [1.807, 2.05) is 6.92 Å². The fourth-order valence-corrected chi connectivity index (χ4v) is 3.20. The summed E-state index contributed by atoms with van der Waals surface area (Å²) in [5.74, 6) is 0.619. The SMILES string of the molecule is CNC(C)(CCCCN(C)C1CCCC(C)C1)C(N)=O. The average Bonchev–Trinajstić information content (AvgIpc) is 2.42. The van der Waals surface area contributed by atoms with Crippen molar-refractivity contribution in [1.82, 2.24) is 10.2 Å². The van der Waals surface area contributed by atoms with Crippen molar-refractivity contribution in [2.75, 3.05) is 20.6 Å². The predicted molar refractivity (Wildman–Crippen MR) is 84.6 cm³/mol. The van der Waals surface area contributed by atoms with Gasteiger partial charge in [-0.15, -0.1) is 0 Å². The number of unbranched alkanes of at least 4 members (excludes halogenated alkanes) is 1. The van der Waals surface area contributed by atoms with Crippen LogP contribution in [0, 0.1) is 5.92 Å². The van der Waals surface area contributed by atoms with Crippen molar-refractivity contribution in [1.29, 1.82) is 0 Å². The van der Waals surface area contributed by atoms with Gasteiger partial charge in [0.15, 0.2) is 0 Å². The molecule has 0 aromatic carbocycles. The summed E-state index contributed by atoms with van der Waals surface area (Å²) >= 11 is 0. The van der Waals surface area contributed by atoms with Crippen LogP contribution in [0.3, 0.4) is 0 Å². The quantitative estimate of drug-likeness (QED) is 0.671. The van der Waals surface area contributed by atoms with Gasteiger partial charge < -0.3 is 16.0 Å². The molecule has 1 fully saturated rings. The summed E-state index contributed by atoms with van der Waals surface area (Å²) in [4.78, 5) is 13.9. The zero-order valence-corrected chi connectivity index (χ0v) is 13.7. The molecule has 1 saturated carbocycles. The largest absolute Gasteiger partial charge is 0.368 e. The summed E-state index contributed by atoms with van der Waals surface area (Å²) in [5, 5.41) is 3.05. The highest BCUT2D eigenvalue weighted by atomic mass is 16.1. The van der Waals surface area contributed by atoms with Crippen LogP contribution in [0.25, 0.3) is 0 Å². The van der Waals surface area contributed by atoms with Crippen molar-refractivity contribution in [3.63, 3.8) is 0 Å². The highest BCUT2D eigenvalue weighted by Gasteiger charge is 2.28. The first-order valence-corrected chi connectivity index (χ1v) is 8.08. The van der Waals surface area contributed by atoms with Gasteiger partial charge in [-0.25, -0.2) is 0 Å². The van der Waals surface area contributed by atoms with E-state index in [0.717, 1.165) is 37.8 Å². The van der Waals surface area contributed by atoms with Crippen molar-refractivity contribution in [2.45, 2.75) is 70.4 Å². The van der Waals surface area contributed by atoms with Gasteiger partial charge in [-0.05, 0) is 65.6 Å². The number of amides is 1. The third-order valence-corrected chi connectivity index (χ3v) is 5.07. The number of hydrogen-bond donors (Lipinski definition) is 2. The molecular weight excluding hydrogens is 250 g/mol. The van der Waals surface area contributed by atoms with Gasteiger partial charge in [0.05, 0.1) is 5.54 Å². The van der Waals surface area contributed by atoms with E-state index in [4.69, 9.17) is 5.73 Å². The summed E-state index contributed by atoms with van der Waals surface area (Å²) in [6.45, 7) is 5.38. The molecule has 1 aliphatic carbocycles. The number of carbonyl (C=O) groups excluding carboxylic acids is 1. The molecule has 1 aliphatic rings. The Balaban J connectivity index is 2.25. The molecule has 0 heterocycles. The Labute approximate surface area is 124 Å². The summed E-state index contributed by atoms with van der Waals surface area (Å²) < 4.78 is 0. The number of nitrogens with two attached hydrogens (primary N) is 1. The van der Waals surface area contributed by atoms with Crippen LogP contribution in [0.4, 0.5) is 0 Å². The molecule has 0 bridgehead atoms. The van der Waals surface area contributed by atoms with E-state index in [1.165, 1.54) is 25.7 Å². The third kappa shape index (κ3) is 5.06. The minimum absolute atomic E-state index is 0.255. The van der Waals surface area contributed by atoms with Gasteiger partial charge in [-0.2, -0.15) is 0 Å². The molecule has 0 saturated heterocycles. The van der Waals surface area contributed by atoms with Crippen molar-refractivity contribution in [3.05, 3.63) is 0 Å². The standard InChI is InChI=1S/C16H33N3O/c1-13-8-7-9-14(12-13)19(4)11-6-5-10-16(2,18-3)15(17)20/h13-14,18H,5-12H2,1-4H3,(H2,17,20). The molecule has 0 spiro atoms. The van der Waals surface area contributed by atoms with E-state index in [1.54, 1.807) is 7.05 Å². The Hall–Kier alpha value is -0.610. The molecule has 3 atom stereocenters. The molecule has 4 heteroatoms. The maximum atomic E-state index is 11.4. The maximum absolute atomic E-state index is 11.4. The molecule has 0 aromatic rings. The van der Waals surface area contributed by atoms with E-state index < -0.39 is 5.54 Å². The van der Waals surface area contributed by atoms with E-state index in [2.05, 4.69) is 24.2 Å². The molecule has 1 rings (SSSR count). The molecule has 4 nitrogen and oxygen atoms in total. The smallest absolute Gasteiger partial charge is 0.237 e. The minimum Gasteiger partial charge on any atom is -0.368 e. The van der Waals surface area contributed by atoms with E-state index >= 15 is 0 Å². The Bertz CT molecular complexity index is 308. The molecule has 0 aliphatic heterocycles.